The van der Waals surface area contributed by atoms with E-state index in [2.05, 4.69) is 5.32 Å². The summed E-state index contributed by atoms with van der Waals surface area (Å²) in [6.07, 6.45) is 4.10. The maximum Gasteiger partial charge on any atom is 0.223 e. The molecule has 0 saturated carbocycles. The predicted octanol–water partition coefficient (Wildman–Crippen LogP) is 3.08. The van der Waals surface area contributed by atoms with Crippen molar-refractivity contribution in [1.29, 1.82) is 0 Å². The fraction of sp³-hybridized carbons (Fsp3) is 0.909. The third-order valence-corrected chi connectivity index (χ3v) is 3.46. The highest BCUT2D eigenvalue weighted by atomic mass is 35.6. The number of likely N-dealkylation sites (tertiary alicyclic amines) is 1. The van der Waals surface area contributed by atoms with E-state index in [1.165, 1.54) is 6.42 Å². The Balaban J connectivity index is 2.63. The monoisotopic (exact) mass is 300 g/mol. The van der Waals surface area contributed by atoms with Crippen LogP contribution in [0.3, 0.4) is 0 Å². The van der Waals surface area contributed by atoms with Crippen molar-refractivity contribution >= 4 is 40.7 Å². The van der Waals surface area contributed by atoms with Crippen molar-refractivity contribution in [2.75, 3.05) is 13.1 Å². The first-order valence-corrected chi connectivity index (χ1v) is 7.18. The number of halogens is 3. The second kappa shape index (κ2) is 7.03. The Hall–Kier alpha value is 0.300. The standard InChI is InChI=1S/C11H19Cl3N2O/c1-2-6-9(17)15-10(11(12,13)14)16-7-4-3-5-8-16/h10H,2-8H2,1H3,(H,15,17). The van der Waals surface area contributed by atoms with Crippen LogP contribution in [0.2, 0.25) is 0 Å². The van der Waals surface area contributed by atoms with E-state index in [1.807, 2.05) is 11.8 Å². The molecule has 1 fully saturated rings. The minimum Gasteiger partial charge on any atom is -0.337 e. The molecule has 0 spiro atoms. The molecule has 0 radical (unpaired) electrons. The molecule has 0 aromatic heterocycles. The van der Waals surface area contributed by atoms with Crippen LogP contribution in [0.1, 0.15) is 39.0 Å². The lowest BCUT2D eigenvalue weighted by molar-refractivity contribution is -0.123. The van der Waals surface area contributed by atoms with Gasteiger partial charge in [0, 0.05) is 19.5 Å². The number of rotatable bonds is 4. The van der Waals surface area contributed by atoms with Crippen molar-refractivity contribution in [3.05, 3.63) is 0 Å². The Morgan fingerprint density at radius 2 is 1.88 bits per heavy atom. The summed E-state index contributed by atoms with van der Waals surface area (Å²) in [7, 11) is 0. The van der Waals surface area contributed by atoms with Crippen molar-refractivity contribution in [2.24, 2.45) is 0 Å². The van der Waals surface area contributed by atoms with E-state index in [9.17, 15) is 4.79 Å². The molecule has 1 aliphatic rings. The van der Waals surface area contributed by atoms with Crippen molar-refractivity contribution in [3.8, 4) is 0 Å². The Labute approximate surface area is 118 Å². The van der Waals surface area contributed by atoms with Crippen molar-refractivity contribution in [3.63, 3.8) is 0 Å². The van der Waals surface area contributed by atoms with E-state index < -0.39 is 9.96 Å². The van der Waals surface area contributed by atoms with Gasteiger partial charge in [-0.2, -0.15) is 0 Å². The number of piperidine rings is 1. The fourth-order valence-corrected chi connectivity index (χ4v) is 2.59. The van der Waals surface area contributed by atoms with Gasteiger partial charge in [-0.1, -0.05) is 48.1 Å². The van der Waals surface area contributed by atoms with E-state index in [0.717, 1.165) is 32.4 Å². The molecule has 0 bridgehead atoms. The molecule has 1 N–H and O–H groups in total. The average Bonchev–Trinajstić information content (AvgIpc) is 2.26. The quantitative estimate of drug-likeness (QED) is 0.809. The van der Waals surface area contributed by atoms with Crippen LogP contribution in [0.5, 0.6) is 0 Å². The van der Waals surface area contributed by atoms with Crippen LogP contribution < -0.4 is 5.32 Å². The summed E-state index contributed by atoms with van der Waals surface area (Å²) >= 11 is 17.9. The Bertz CT molecular complexity index is 250. The zero-order valence-electron chi connectivity index (χ0n) is 10.0. The van der Waals surface area contributed by atoms with Gasteiger partial charge in [0.1, 0.15) is 6.17 Å². The number of nitrogens with one attached hydrogen (secondary N) is 1. The maximum absolute atomic E-state index is 11.6. The van der Waals surface area contributed by atoms with Gasteiger partial charge in [-0.05, 0) is 19.3 Å². The van der Waals surface area contributed by atoms with Crippen LogP contribution in [-0.2, 0) is 4.79 Å². The van der Waals surface area contributed by atoms with Gasteiger partial charge < -0.3 is 5.32 Å². The molecule has 0 aromatic carbocycles. The van der Waals surface area contributed by atoms with Gasteiger partial charge >= 0.3 is 0 Å². The molecule has 1 atom stereocenters. The van der Waals surface area contributed by atoms with Crippen molar-refractivity contribution in [2.45, 2.75) is 49.0 Å². The van der Waals surface area contributed by atoms with Gasteiger partial charge in [0.2, 0.25) is 9.70 Å². The first-order chi connectivity index (χ1) is 7.95. The number of hydrogen-bond acceptors (Lipinski definition) is 2. The summed E-state index contributed by atoms with van der Waals surface area (Å²) in [5.74, 6) is -0.0607. The highest BCUT2D eigenvalue weighted by Gasteiger charge is 2.38. The van der Waals surface area contributed by atoms with E-state index in [0.29, 0.717) is 6.42 Å². The molecule has 0 aliphatic carbocycles. The highest BCUT2D eigenvalue weighted by Crippen LogP contribution is 2.33. The molecular formula is C11H19Cl3N2O. The number of alkyl halides is 3. The summed E-state index contributed by atoms with van der Waals surface area (Å²) in [6, 6.07) is 0. The zero-order chi connectivity index (χ0) is 12.9. The summed E-state index contributed by atoms with van der Waals surface area (Å²) in [5.41, 5.74) is 0. The molecule has 3 nitrogen and oxygen atoms in total. The van der Waals surface area contributed by atoms with Gasteiger partial charge in [-0.3, -0.25) is 9.69 Å². The number of hydrogen-bond donors (Lipinski definition) is 1. The van der Waals surface area contributed by atoms with E-state index in [4.69, 9.17) is 34.8 Å². The molecule has 0 aromatic rings. The van der Waals surface area contributed by atoms with Crippen LogP contribution in [0, 0.1) is 0 Å². The minimum absolute atomic E-state index is 0.0607. The van der Waals surface area contributed by atoms with Crippen LogP contribution in [0.4, 0.5) is 0 Å². The van der Waals surface area contributed by atoms with Gasteiger partial charge in [0.15, 0.2) is 0 Å². The lowest BCUT2D eigenvalue weighted by Crippen LogP contribution is -2.56. The topological polar surface area (TPSA) is 32.3 Å². The Kier molecular flexibility index (Phi) is 6.35. The largest absolute Gasteiger partial charge is 0.337 e. The fourth-order valence-electron chi connectivity index (χ4n) is 2.01. The smallest absolute Gasteiger partial charge is 0.223 e. The first-order valence-electron chi connectivity index (χ1n) is 6.05. The van der Waals surface area contributed by atoms with Crippen molar-refractivity contribution in [1.82, 2.24) is 10.2 Å². The van der Waals surface area contributed by atoms with Crippen LogP contribution in [0.25, 0.3) is 0 Å². The first kappa shape index (κ1) is 15.4. The van der Waals surface area contributed by atoms with Gasteiger partial charge in [-0.15, -0.1) is 0 Å². The molecule has 100 valence electrons. The highest BCUT2D eigenvalue weighted by molar-refractivity contribution is 6.68. The van der Waals surface area contributed by atoms with E-state index >= 15 is 0 Å². The number of amides is 1. The zero-order valence-corrected chi connectivity index (χ0v) is 12.3. The number of carbonyl (C=O) groups is 1. The number of carbonyl (C=O) groups excluding carboxylic acids is 1. The summed E-state index contributed by atoms with van der Waals surface area (Å²) < 4.78 is -1.49. The SMILES string of the molecule is CCCC(=O)NC(N1CCCCC1)C(Cl)(Cl)Cl. The van der Waals surface area contributed by atoms with E-state index in [-0.39, 0.29) is 5.91 Å². The molecule has 1 heterocycles. The molecule has 6 heteroatoms. The van der Waals surface area contributed by atoms with Crippen LogP contribution >= 0.6 is 34.8 Å². The molecule has 1 amide bonds. The molecule has 1 saturated heterocycles. The summed E-state index contributed by atoms with van der Waals surface area (Å²) in [5, 5.41) is 2.82. The summed E-state index contributed by atoms with van der Waals surface area (Å²) in [4.78, 5) is 13.7. The van der Waals surface area contributed by atoms with Gasteiger partial charge in [-0.25, -0.2) is 0 Å². The van der Waals surface area contributed by atoms with Gasteiger partial charge in [0.25, 0.3) is 0 Å². The average molecular weight is 302 g/mol. The maximum atomic E-state index is 11.6. The van der Waals surface area contributed by atoms with Crippen molar-refractivity contribution < 1.29 is 4.79 Å². The Morgan fingerprint density at radius 1 is 1.29 bits per heavy atom. The van der Waals surface area contributed by atoms with Crippen LogP contribution in [-0.4, -0.2) is 33.9 Å². The molecular weight excluding hydrogens is 282 g/mol. The third-order valence-electron chi connectivity index (χ3n) is 2.84. The summed E-state index contributed by atoms with van der Waals surface area (Å²) in [6.45, 7) is 3.68. The molecule has 1 rings (SSSR count). The predicted molar refractivity (Wildman–Crippen MR) is 72.6 cm³/mol. The van der Waals surface area contributed by atoms with Crippen LogP contribution in [0.15, 0.2) is 0 Å². The second-order valence-corrected chi connectivity index (χ2v) is 6.73. The van der Waals surface area contributed by atoms with Gasteiger partial charge in [0.05, 0.1) is 0 Å². The lowest BCUT2D eigenvalue weighted by atomic mass is 10.1. The van der Waals surface area contributed by atoms with E-state index in [1.54, 1.807) is 0 Å². The normalized spacial score (nSPS) is 20.0. The molecule has 17 heavy (non-hydrogen) atoms. The molecule has 1 unspecified atom stereocenters. The number of nitrogens with zero attached hydrogens (tertiary/aromatic N) is 1. The Morgan fingerprint density at radius 3 is 2.35 bits per heavy atom. The molecule has 1 aliphatic heterocycles. The lowest BCUT2D eigenvalue weighted by Gasteiger charge is -2.38. The second-order valence-electron chi connectivity index (χ2n) is 4.36. The minimum atomic E-state index is -1.49. The third kappa shape index (κ3) is 5.21.